The van der Waals surface area contributed by atoms with Gasteiger partial charge in [-0.2, -0.15) is 0 Å². The van der Waals surface area contributed by atoms with E-state index in [4.69, 9.17) is 49.5 Å². The van der Waals surface area contributed by atoms with Gasteiger partial charge in [-0.15, -0.1) is 0 Å². The number of carbonyl (C=O) groups is 2. The van der Waals surface area contributed by atoms with E-state index in [1.165, 1.54) is 0 Å². The number of ether oxygens (including phenoxy) is 1. The lowest BCUT2D eigenvalue weighted by molar-refractivity contribution is -0.120. The topological polar surface area (TPSA) is 122 Å². The molecule has 4 N–H and O–H groups in total. The molecule has 10 nitrogen and oxygen atoms in total. The number of pyridine rings is 2. The average molecular weight is 747 g/mol. The number of rotatable bonds is 12. The largest absolute Gasteiger partial charge is 0.481 e. The first-order valence-electron chi connectivity index (χ1n) is 17.0. The molecule has 2 fully saturated rings. The average Bonchev–Trinajstić information content (AvgIpc) is 3.82. The van der Waals surface area contributed by atoms with Crippen LogP contribution in [0.2, 0.25) is 15.1 Å². The summed E-state index contributed by atoms with van der Waals surface area (Å²) in [4.78, 5) is 32.9. The van der Waals surface area contributed by atoms with Crippen LogP contribution < -0.4 is 26.0 Å². The predicted molar refractivity (Wildman–Crippen MR) is 202 cm³/mol. The van der Waals surface area contributed by atoms with E-state index in [0.717, 1.165) is 51.9 Å². The Morgan fingerprint density at radius 2 is 1.29 bits per heavy atom. The summed E-state index contributed by atoms with van der Waals surface area (Å²) < 4.78 is 7.70. The summed E-state index contributed by atoms with van der Waals surface area (Å²) in [6, 6.07) is 19.7. The molecule has 2 amide bonds. The molecule has 5 aromatic rings. The van der Waals surface area contributed by atoms with E-state index in [-0.39, 0.29) is 23.9 Å². The van der Waals surface area contributed by atoms with Crippen molar-refractivity contribution in [1.29, 1.82) is 0 Å². The quantitative estimate of drug-likeness (QED) is 0.113. The summed E-state index contributed by atoms with van der Waals surface area (Å²) in [6.07, 6.45) is 2.80. The molecule has 7 rings (SSSR count). The van der Waals surface area contributed by atoms with Gasteiger partial charge in [0.2, 0.25) is 17.7 Å². The number of nitrogens with zero attached hydrogens (tertiary/aromatic N) is 3. The molecular formula is C38H38Cl3N7O3. The normalized spacial score (nSPS) is 17.3. The Morgan fingerprint density at radius 3 is 1.86 bits per heavy atom. The van der Waals surface area contributed by atoms with Gasteiger partial charge in [-0.05, 0) is 31.0 Å². The highest BCUT2D eigenvalue weighted by Gasteiger charge is 2.23. The van der Waals surface area contributed by atoms with Crippen LogP contribution in [0.15, 0.2) is 60.7 Å². The molecule has 264 valence electrons. The molecule has 0 aliphatic carbocycles. The fourth-order valence-corrected chi connectivity index (χ4v) is 7.85. The summed E-state index contributed by atoms with van der Waals surface area (Å²) in [5.41, 5.74) is 7.79. The van der Waals surface area contributed by atoms with Crippen LogP contribution in [0.4, 0.5) is 0 Å². The Kier molecular flexibility index (Phi) is 10.5. The van der Waals surface area contributed by atoms with Gasteiger partial charge in [-0.1, -0.05) is 77.3 Å². The zero-order valence-corrected chi connectivity index (χ0v) is 30.6. The molecule has 0 saturated carbocycles. The van der Waals surface area contributed by atoms with Gasteiger partial charge in [-0.3, -0.25) is 9.59 Å². The number of fused-ring (bicyclic) bond motifs is 1. The second kappa shape index (κ2) is 15.2. The molecule has 3 aromatic heterocycles. The van der Waals surface area contributed by atoms with Gasteiger partial charge in [0, 0.05) is 86.0 Å². The van der Waals surface area contributed by atoms with Crippen molar-refractivity contribution >= 4 is 57.7 Å². The van der Waals surface area contributed by atoms with Crippen LogP contribution in [-0.4, -0.2) is 58.6 Å². The number of halogens is 3. The SMILES string of the molecule is COc1nc(-c2cccc(-c3cccc(-c4ccc5c(n4)c(Cl)c(CNC[C@H]4CCC(=O)N4)n5C)c3Cl)c2Cl)ccc1CNC[C@H]1CCC(=O)N1. The lowest BCUT2D eigenvalue weighted by Gasteiger charge is -2.15. The minimum Gasteiger partial charge on any atom is -0.481 e. The van der Waals surface area contributed by atoms with E-state index in [9.17, 15) is 9.59 Å². The Labute approximate surface area is 311 Å². The molecule has 0 spiro atoms. The number of carbonyl (C=O) groups excluding carboxylic acids is 2. The zero-order valence-electron chi connectivity index (χ0n) is 28.3. The summed E-state index contributed by atoms with van der Waals surface area (Å²) in [6.45, 7) is 2.44. The van der Waals surface area contributed by atoms with Crippen molar-refractivity contribution in [2.24, 2.45) is 7.05 Å². The number of hydrogen-bond acceptors (Lipinski definition) is 7. The van der Waals surface area contributed by atoms with Gasteiger partial charge in [0.25, 0.3) is 0 Å². The van der Waals surface area contributed by atoms with Gasteiger partial charge in [-0.25, -0.2) is 9.97 Å². The van der Waals surface area contributed by atoms with Crippen LogP contribution in [0, 0.1) is 0 Å². The lowest BCUT2D eigenvalue weighted by atomic mass is 9.98. The molecule has 2 aliphatic rings. The van der Waals surface area contributed by atoms with Crippen molar-refractivity contribution < 1.29 is 14.3 Å². The van der Waals surface area contributed by atoms with Gasteiger partial charge in [0.15, 0.2) is 0 Å². The Bertz CT molecular complexity index is 2140. The van der Waals surface area contributed by atoms with E-state index in [0.29, 0.717) is 76.9 Å². The third-order valence-electron chi connectivity index (χ3n) is 9.63. The molecular weight excluding hydrogens is 709 g/mol. The van der Waals surface area contributed by atoms with Crippen LogP contribution in [0.25, 0.3) is 44.7 Å². The van der Waals surface area contributed by atoms with Crippen molar-refractivity contribution in [3.05, 3.63) is 87.0 Å². The fourth-order valence-electron chi connectivity index (χ4n) is 6.87. The number of amides is 2. The van der Waals surface area contributed by atoms with Crippen LogP contribution in [0.3, 0.4) is 0 Å². The molecule has 0 bridgehead atoms. The highest BCUT2D eigenvalue weighted by atomic mass is 35.5. The second-order valence-corrected chi connectivity index (χ2v) is 14.1. The third-order valence-corrected chi connectivity index (χ3v) is 10.8. The van der Waals surface area contributed by atoms with Gasteiger partial charge in [0.1, 0.15) is 5.52 Å². The molecule has 5 heterocycles. The molecule has 2 aliphatic heterocycles. The Hall–Kier alpha value is -4.19. The molecule has 2 saturated heterocycles. The number of benzene rings is 2. The summed E-state index contributed by atoms with van der Waals surface area (Å²) in [7, 11) is 3.57. The maximum atomic E-state index is 11.6. The monoisotopic (exact) mass is 745 g/mol. The van der Waals surface area contributed by atoms with Gasteiger partial charge in [0.05, 0.1) is 44.8 Å². The van der Waals surface area contributed by atoms with Crippen molar-refractivity contribution in [2.45, 2.75) is 50.9 Å². The predicted octanol–water partition coefficient (Wildman–Crippen LogP) is 6.67. The molecule has 2 aromatic carbocycles. The number of aromatic nitrogens is 3. The number of nitrogens with one attached hydrogen (secondary N) is 4. The highest BCUT2D eigenvalue weighted by molar-refractivity contribution is 6.39. The Morgan fingerprint density at radius 1 is 0.745 bits per heavy atom. The molecule has 2 atom stereocenters. The summed E-state index contributed by atoms with van der Waals surface area (Å²) in [5.74, 6) is 0.694. The second-order valence-electron chi connectivity index (χ2n) is 13.0. The fraction of sp³-hybridized carbons (Fsp3) is 0.316. The van der Waals surface area contributed by atoms with E-state index in [2.05, 4.69) is 21.3 Å². The molecule has 0 unspecified atom stereocenters. The zero-order chi connectivity index (χ0) is 35.6. The van der Waals surface area contributed by atoms with E-state index >= 15 is 0 Å². The summed E-state index contributed by atoms with van der Waals surface area (Å²) in [5, 5.41) is 14.4. The molecule has 13 heteroatoms. The number of methoxy groups -OCH3 is 1. The van der Waals surface area contributed by atoms with Crippen LogP contribution in [0.1, 0.15) is 36.9 Å². The van der Waals surface area contributed by atoms with Crippen LogP contribution >= 0.6 is 34.8 Å². The first-order chi connectivity index (χ1) is 24.7. The minimum absolute atomic E-state index is 0.0972. The maximum Gasteiger partial charge on any atom is 0.220 e. The first kappa shape index (κ1) is 35.2. The minimum atomic E-state index is 0.0972. The lowest BCUT2D eigenvalue weighted by Crippen LogP contribution is -2.35. The van der Waals surface area contributed by atoms with Crippen molar-refractivity contribution in [2.75, 3.05) is 20.2 Å². The van der Waals surface area contributed by atoms with Gasteiger partial charge < -0.3 is 30.6 Å². The molecule has 51 heavy (non-hydrogen) atoms. The van der Waals surface area contributed by atoms with Crippen LogP contribution in [0.5, 0.6) is 5.88 Å². The van der Waals surface area contributed by atoms with Crippen molar-refractivity contribution in [1.82, 2.24) is 35.8 Å². The number of aryl methyl sites for hydroxylation is 1. The summed E-state index contributed by atoms with van der Waals surface area (Å²) >= 11 is 21.2. The third kappa shape index (κ3) is 7.29. The van der Waals surface area contributed by atoms with Crippen molar-refractivity contribution in [3.63, 3.8) is 0 Å². The van der Waals surface area contributed by atoms with Crippen LogP contribution in [-0.2, 0) is 29.7 Å². The Balaban J connectivity index is 1.12. The maximum absolute atomic E-state index is 11.6. The standard InChI is InChI=1S/C38H38Cl3N7O3/c1-48-30-14-13-28(46-37(30)36(41)31(48)20-43-19-23-11-16-33(50)45-23)26-7-3-5-24(34(26)39)25-6-4-8-27(35(25)40)29-12-9-21(38(47-29)51-2)17-42-18-22-10-15-32(49)44-22/h3-9,12-14,22-23,42-43H,10-11,15-20H2,1-2H3,(H,44,49)(H,45,50)/t22-,23-/m1/s1. The van der Waals surface area contributed by atoms with Gasteiger partial charge >= 0.3 is 0 Å². The van der Waals surface area contributed by atoms with E-state index in [1.54, 1.807) is 7.11 Å². The van der Waals surface area contributed by atoms with Crippen molar-refractivity contribution in [3.8, 4) is 39.5 Å². The number of hydrogen-bond donors (Lipinski definition) is 4. The van der Waals surface area contributed by atoms with E-state index in [1.807, 2.05) is 72.3 Å². The first-order valence-corrected chi connectivity index (χ1v) is 18.1. The smallest absolute Gasteiger partial charge is 0.220 e. The van der Waals surface area contributed by atoms with E-state index < -0.39 is 0 Å². The molecule has 0 radical (unpaired) electrons. The highest BCUT2D eigenvalue weighted by Crippen LogP contribution is 2.42.